The van der Waals surface area contributed by atoms with Crippen molar-refractivity contribution in [2.45, 2.75) is 106 Å². The van der Waals surface area contributed by atoms with E-state index in [1.54, 1.807) is 0 Å². The fourth-order valence-electron chi connectivity index (χ4n) is 3.11. The van der Waals surface area contributed by atoms with E-state index in [1.165, 1.54) is 77.0 Å². The lowest BCUT2D eigenvalue weighted by Gasteiger charge is -2.23. The van der Waals surface area contributed by atoms with Gasteiger partial charge in [0.05, 0.1) is 0 Å². The number of rotatable bonds is 0. The normalized spacial score (nSPS) is 39.8. The van der Waals surface area contributed by atoms with Crippen LogP contribution < -0.4 is 0 Å². The first-order valence-electron chi connectivity index (χ1n) is 9.26. The Hall–Kier alpha value is 2.88. The van der Waals surface area contributed by atoms with Gasteiger partial charge in [-0.1, -0.05) is 134 Å². The van der Waals surface area contributed by atoms with Crippen molar-refractivity contribution in [2.24, 2.45) is 0 Å². The van der Waals surface area contributed by atoms with Gasteiger partial charge in [0.2, 0.25) is 0 Å². The minimum Gasteiger partial charge on any atom is -0.0879 e. The Bertz CT molecular complexity index is 284. The third-order valence-corrected chi connectivity index (χ3v) is 13.5. The zero-order valence-corrected chi connectivity index (χ0v) is 23.7. The maximum atomic E-state index is 3.90. The molecule has 6 heteroatoms. The molecule has 144 valence electrons. The van der Waals surface area contributed by atoms with Crippen LogP contribution in [0.5, 0.6) is 0 Å². The van der Waals surface area contributed by atoms with Crippen molar-refractivity contribution in [1.82, 2.24) is 0 Å². The third kappa shape index (κ3) is 11.0. The molecule has 1 aliphatic rings. The number of hydrogen-bond acceptors (Lipinski definition) is 0. The predicted molar refractivity (Wildman–Crippen MR) is 132 cm³/mol. The zero-order valence-electron chi connectivity index (χ0n) is 14.2. The average molecular weight is 726 g/mol. The van der Waals surface area contributed by atoms with Crippen molar-refractivity contribution in [3.63, 3.8) is 0 Å². The molecule has 6 unspecified atom stereocenters. The highest BCUT2D eigenvalue weighted by atomic mass is 79.9. The molecule has 1 saturated carbocycles. The van der Waals surface area contributed by atoms with Crippen LogP contribution in [-0.4, -0.2) is 29.0 Å². The van der Waals surface area contributed by atoms with Crippen molar-refractivity contribution in [3.05, 3.63) is 0 Å². The van der Waals surface area contributed by atoms with Gasteiger partial charge in [0, 0.05) is 29.0 Å². The molecule has 0 heterocycles. The molecule has 0 amide bonds. The van der Waals surface area contributed by atoms with E-state index in [2.05, 4.69) is 95.6 Å². The monoisotopic (exact) mass is 720 g/mol. The molecular formula is C18H30Br6. The summed E-state index contributed by atoms with van der Waals surface area (Å²) in [6.07, 6.45) is 15.7. The molecule has 0 aromatic heterocycles. The largest absolute Gasteiger partial charge is 0.0879 e. The van der Waals surface area contributed by atoms with Crippen molar-refractivity contribution in [2.75, 3.05) is 0 Å². The second-order valence-electron chi connectivity index (χ2n) is 6.95. The Labute approximate surface area is 199 Å². The van der Waals surface area contributed by atoms with Gasteiger partial charge >= 0.3 is 0 Å². The van der Waals surface area contributed by atoms with Crippen LogP contribution in [0.3, 0.4) is 0 Å². The molecule has 1 fully saturated rings. The molecule has 6 atom stereocenters. The van der Waals surface area contributed by atoms with E-state index in [4.69, 9.17) is 0 Å². The maximum Gasteiger partial charge on any atom is 0.0271 e. The zero-order chi connectivity index (χ0) is 17.9. The standard InChI is InChI=1S/C18H30Br6/c19-13-7-5-3-1-2-4-6-8-14(20)16(22)10-12-18(24)17(23)11-9-15(13)21/h13-18H,1-12H2. The lowest BCUT2D eigenvalue weighted by atomic mass is 10.0. The summed E-state index contributed by atoms with van der Waals surface area (Å²) in [6.45, 7) is 0. The highest BCUT2D eigenvalue weighted by Gasteiger charge is 2.23. The first kappa shape index (κ1) is 24.9. The fraction of sp³-hybridized carbons (Fsp3) is 1.00. The average Bonchev–Trinajstić information content (AvgIpc) is 2.57. The van der Waals surface area contributed by atoms with Crippen molar-refractivity contribution < 1.29 is 0 Å². The van der Waals surface area contributed by atoms with Gasteiger partial charge in [-0.15, -0.1) is 0 Å². The van der Waals surface area contributed by atoms with Gasteiger partial charge < -0.3 is 0 Å². The highest BCUT2D eigenvalue weighted by Crippen LogP contribution is 2.32. The van der Waals surface area contributed by atoms with Gasteiger partial charge in [-0.25, -0.2) is 0 Å². The smallest absolute Gasteiger partial charge is 0.0271 e. The molecular weight excluding hydrogens is 696 g/mol. The number of hydrogen-bond donors (Lipinski definition) is 0. The number of halogens is 6. The summed E-state index contributed by atoms with van der Waals surface area (Å²) >= 11 is 23.4. The van der Waals surface area contributed by atoms with Gasteiger partial charge in [-0.2, -0.15) is 0 Å². The summed E-state index contributed by atoms with van der Waals surface area (Å²) in [5, 5.41) is 0. The first-order valence-corrected chi connectivity index (χ1v) is 14.8. The van der Waals surface area contributed by atoms with Crippen LogP contribution in [0.2, 0.25) is 0 Å². The summed E-state index contributed by atoms with van der Waals surface area (Å²) in [4.78, 5) is 3.45. The van der Waals surface area contributed by atoms with E-state index in [9.17, 15) is 0 Å². The molecule has 1 aliphatic carbocycles. The van der Waals surface area contributed by atoms with Crippen molar-refractivity contribution >= 4 is 95.6 Å². The van der Waals surface area contributed by atoms with E-state index in [0.29, 0.717) is 29.0 Å². The van der Waals surface area contributed by atoms with Crippen LogP contribution in [0, 0.1) is 0 Å². The van der Waals surface area contributed by atoms with Crippen molar-refractivity contribution in [1.29, 1.82) is 0 Å². The molecule has 0 saturated heterocycles. The lowest BCUT2D eigenvalue weighted by Crippen LogP contribution is -2.22. The Morgan fingerprint density at radius 3 is 0.792 bits per heavy atom. The first-order chi connectivity index (χ1) is 11.4. The SMILES string of the molecule is BrC1CCCCCCCCC(Br)C(Br)CCC(Br)C(Br)CCC1Br. The maximum absolute atomic E-state index is 3.90. The molecule has 1 rings (SSSR count). The Kier molecular flexibility index (Phi) is 15.4. The van der Waals surface area contributed by atoms with Gasteiger partial charge in [0.15, 0.2) is 0 Å². The second-order valence-corrected chi connectivity index (χ2v) is 14.0. The van der Waals surface area contributed by atoms with Gasteiger partial charge in [0.25, 0.3) is 0 Å². The Morgan fingerprint density at radius 2 is 0.500 bits per heavy atom. The van der Waals surface area contributed by atoms with E-state index in [0.717, 1.165) is 0 Å². The second kappa shape index (κ2) is 14.8. The van der Waals surface area contributed by atoms with Crippen LogP contribution in [0.25, 0.3) is 0 Å². The fourth-order valence-corrected chi connectivity index (χ4v) is 6.40. The highest BCUT2D eigenvalue weighted by molar-refractivity contribution is 9.13. The minimum atomic E-state index is 0.546. The molecule has 0 aromatic rings. The topological polar surface area (TPSA) is 0 Å². The minimum absolute atomic E-state index is 0.546. The van der Waals surface area contributed by atoms with Gasteiger partial charge in [0.1, 0.15) is 0 Å². The molecule has 24 heavy (non-hydrogen) atoms. The molecule has 0 spiro atoms. The van der Waals surface area contributed by atoms with Crippen LogP contribution in [0.15, 0.2) is 0 Å². The predicted octanol–water partition coefficient (Wildman–Crippen LogP) is 9.26. The lowest BCUT2D eigenvalue weighted by molar-refractivity contribution is 0.535. The molecule has 0 nitrogen and oxygen atoms in total. The van der Waals surface area contributed by atoms with Crippen LogP contribution in [-0.2, 0) is 0 Å². The Morgan fingerprint density at radius 1 is 0.292 bits per heavy atom. The summed E-state index contributed by atoms with van der Waals surface area (Å²) in [5.41, 5.74) is 0. The van der Waals surface area contributed by atoms with Crippen molar-refractivity contribution in [3.8, 4) is 0 Å². The third-order valence-electron chi connectivity index (χ3n) is 4.82. The summed E-state index contributed by atoms with van der Waals surface area (Å²) in [6, 6.07) is 0. The van der Waals surface area contributed by atoms with Gasteiger partial charge in [-0.05, 0) is 38.5 Å². The van der Waals surface area contributed by atoms with E-state index in [-0.39, 0.29) is 0 Å². The van der Waals surface area contributed by atoms with Gasteiger partial charge in [-0.3, -0.25) is 0 Å². The molecule has 0 radical (unpaired) electrons. The van der Waals surface area contributed by atoms with Crippen LogP contribution in [0.1, 0.15) is 77.0 Å². The van der Waals surface area contributed by atoms with E-state index < -0.39 is 0 Å². The van der Waals surface area contributed by atoms with E-state index in [1.807, 2.05) is 0 Å². The summed E-state index contributed by atoms with van der Waals surface area (Å²) in [7, 11) is 0. The Balaban J connectivity index is 2.50. The van der Waals surface area contributed by atoms with Crippen LogP contribution in [0.4, 0.5) is 0 Å². The molecule has 0 aliphatic heterocycles. The van der Waals surface area contributed by atoms with Crippen LogP contribution >= 0.6 is 95.6 Å². The van der Waals surface area contributed by atoms with E-state index >= 15 is 0 Å². The molecule has 0 bridgehead atoms. The quantitative estimate of drug-likeness (QED) is 0.219. The summed E-state index contributed by atoms with van der Waals surface area (Å²) in [5.74, 6) is 0. The molecule has 0 aromatic carbocycles. The number of alkyl halides is 6. The molecule has 0 N–H and O–H groups in total. The summed E-state index contributed by atoms with van der Waals surface area (Å²) < 4.78 is 0.